The molecule has 1 aliphatic rings. The molecule has 2 heterocycles. The lowest BCUT2D eigenvalue weighted by atomic mass is 10.1. The maximum Gasteiger partial charge on any atom is 0.257 e. The average molecular weight is 227 g/mol. The first-order valence-corrected chi connectivity index (χ1v) is 5.46. The van der Waals surface area contributed by atoms with Crippen molar-refractivity contribution < 1.29 is 14.0 Å². The third-order valence-electron chi connectivity index (χ3n) is 2.75. The summed E-state index contributed by atoms with van der Waals surface area (Å²) in [7, 11) is 1.58. The van der Waals surface area contributed by atoms with Crippen LogP contribution in [0.25, 0.3) is 0 Å². The van der Waals surface area contributed by atoms with Gasteiger partial charge in [0.1, 0.15) is 6.10 Å². The van der Waals surface area contributed by atoms with Crippen molar-refractivity contribution in [2.24, 2.45) is 11.7 Å². The van der Waals surface area contributed by atoms with Crippen molar-refractivity contribution in [2.75, 3.05) is 26.9 Å². The highest BCUT2D eigenvalue weighted by molar-refractivity contribution is 4.92. The fourth-order valence-electron chi connectivity index (χ4n) is 1.78. The van der Waals surface area contributed by atoms with Crippen LogP contribution in [-0.2, 0) is 15.9 Å². The molecular weight excluding hydrogens is 210 g/mol. The summed E-state index contributed by atoms with van der Waals surface area (Å²) in [6.45, 7) is 1.96. The zero-order valence-corrected chi connectivity index (χ0v) is 9.39. The van der Waals surface area contributed by atoms with E-state index in [0.717, 1.165) is 26.1 Å². The van der Waals surface area contributed by atoms with E-state index in [2.05, 4.69) is 10.1 Å². The fourth-order valence-corrected chi connectivity index (χ4v) is 1.78. The van der Waals surface area contributed by atoms with Crippen molar-refractivity contribution in [3.05, 3.63) is 11.7 Å². The lowest BCUT2D eigenvalue weighted by Gasteiger charge is -2.05. The largest absolute Gasteiger partial charge is 0.381 e. The van der Waals surface area contributed by atoms with E-state index >= 15 is 0 Å². The third-order valence-corrected chi connectivity index (χ3v) is 2.75. The van der Waals surface area contributed by atoms with Crippen molar-refractivity contribution in [3.8, 4) is 0 Å². The molecule has 6 nitrogen and oxygen atoms in total. The first kappa shape index (κ1) is 11.5. The van der Waals surface area contributed by atoms with E-state index in [1.54, 1.807) is 7.11 Å². The van der Waals surface area contributed by atoms with Gasteiger partial charge >= 0.3 is 0 Å². The summed E-state index contributed by atoms with van der Waals surface area (Å²) >= 11 is 0. The molecule has 1 fully saturated rings. The van der Waals surface area contributed by atoms with Crippen LogP contribution in [0.5, 0.6) is 0 Å². The second kappa shape index (κ2) is 5.38. The van der Waals surface area contributed by atoms with Crippen LogP contribution in [0.4, 0.5) is 0 Å². The minimum absolute atomic E-state index is 0.305. The molecule has 1 saturated heterocycles. The number of nitrogens with two attached hydrogens (primary N) is 1. The SMILES string of the molecule is COC(CN)c1nc(CC2CCOC2)no1. The summed E-state index contributed by atoms with van der Waals surface area (Å²) in [5, 5.41) is 3.92. The molecule has 90 valence electrons. The summed E-state index contributed by atoms with van der Waals surface area (Å²) in [6, 6.07) is 0. The Balaban J connectivity index is 1.95. The Morgan fingerprint density at radius 2 is 2.50 bits per heavy atom. The van der Waals surface area contributed by atoms with E-state index in [1.165, 1.54) is 0 Å². The summed E-state index contributed by atoms with van der Waals surface area (Å²) < 4.78 is 15.5. The minimum atomic E-state index is -0.305. The molecule has 1 aromatic heterocycles. The quantitative estimate of drug-likeness (QED) is 0.778. The van der Waals surface area contributed by atoms with Gasteiger partial charge in [-0.2, -0.15) is 4.98 Å². The minimum Gasteiger partial charge on any atom is -0.381 e. The number of hydrogen-bond acceptors (Lipinski definition) is 6. The number of methoxy groups -OCH3 is 1. The third kappa shape index (κ3) is 2.58. The van der Waals surface area contributed by atoms with Crippen molar-refractivity contribution in [2.45, 2.75) is 18.9 Å². The van der Waals surface area contributed by atoms with Crippen LogP contribution < -0.4 is 5.73 Å². The molecule has 2 rings (SSSR count). The Hall–Kier alpha value is -0.980. The second-order valence-corrected chi connectivity index (χ2v) is 3.94. The van der Waals surface area contributed by atoms with Gasteiger partial charge in [0.15, 0.2) is 5.82 Å². The topological polar surface area (TPSA) is 83.4 Å². The molecule has 6 heteroatoms. The molecule has 0 aromatic carbocycles. The Morgan fingerprint density at radius 1 is 1.62 bits per heavy atom. The van der Waals surface area contributed by atoms with Crippen molar-refractivity contribution in [3.63, 3.8) is 0 Å². The highest BCUT2D eigenvalue weighted by atomic mass is 16.5. The van der Waals surface area contributed by atoms with Crippen molar-refractivity contribution in [1.29, 1.82) is 0 Å². The highest BCUT2D eigenvalue weighted by Gasteiger charge is 2.21. The van der Waals surface area contributed by atoms with Crippen LogP contribution in [-0.4, -0.2) is 37.0 Å². The molecule has 2 unspecified atom stereocenters. The Morgan fingerprint density at radius 3 is 3.12 bits per heavy atom. The standard InChI is InChI=1S/C10H17N3O3/c1-14-8(5-11)10-12-9(13-16-10)4-7-2-3-15-6-7/h7-8H,2-6,11H2,1H3. The van der Waals surface area contributed by atoms with Gasteiger partial charge in [-0.05, 0) is 12.3 Å². The average Bonchev–Trinajstić information content (AvgIpc) is 2.93. The van der Waals surface area contributed by atoms with E-state index in [1.807, 2.05) is 0 Å². The van der Waals surface area contributed by atoms with Gasteiger partial charge in [0.25, 0.3) is 5.89 Å². The van der Waals surface area contributed by atoms with Gasteiger partial charge in [-0.15, -0.1) is 0 Å². The first-order valence-electron chi connectivity index (χ1n) is 5.46. The van der Waals surface area contributed by atoms with Gasteiger partial charge in [0.2, 0.25) is 0 Å². The maximum absolute atomic E-state index is 5.52. The fraction of sp³-hybridized carbons (Fsp3) is 0.800. The van der Waals surface area contributed by atoms with Gasteiger partial charge in [-0.3, -0.25) is 0 Å². The van der Waals surface area contributed by atoms with E-state index in [0.29, 0.717) is 24.2 Å². The molecule has 0 aliphatic carbocycles. The van der Waals surface area contributed by atoms with Crippen LogP contribution in [0.2, 0.25) is 0 Å². The van der Waals surface area contributed by atoms with Crippen LogP contribution in [0.3, 0.4) is 0 Å². The molecule has 2 atom stereocenters. The molecule has 1 aliphatic heterocycles. The monoisotopic (exact) mass is 227 g/mol. The predicted molar refractivity (Wildman–Crippen MR) is 55.7 cm³/mol. The molecule has 16 heavy (non-hydrogen) atoms. The molecule has 0 radical (unpaired) electrons. The van der Waals surface area contributed by atoms with Crippen molar-refractivity contribution >= 4 is 0 Å². The summed E-state index contributed by atoms with van der Waals surface area (Å²) in [4.78, 5) is 4.28. The summed E-state index contributed by atoms with van der Waals surface area (Å²) in [5.41, 5.74) is 5.52. The van der Waals surface area contributed by atoms with Crippen molar-refractivity contribution in [1.82, 2.24) is 10.1 Å². The van der Waals surface area contributed by atoms with Gasteiger partial charge in [0.05, 0.1) is 0 Å². The number of ether oxygens (including phenoxy) is 2. The maximum atomic E-state index is 5.52. The normalized spacial score (nSPS) is 22.5. The lowest BCUT2D eigenvalue weighted by molar-refractivity contribution is 0.0804. The lowest BCUT2D eigenvalue weighted by Crippen LogP contribution is -2.14. The van der Waals surface area contributed by atoms with Gasteiger partial charge in [-0.1, -0.05) is 5.16 Å². The van der Waals surface area contributed by atoms with E-state index in [9.17, 15) is 0 Å². The molecule has 1 aromatic rings. The van der Waals surface area contributed by atoms with Gasteiger partial charge in [-0.25, -0.2) is 0 Å². The van der Waals surface area contributed by atoms with Gasteiger partial charge in [0, 0.05) is 33.3 Å². The molecule has 0 saturated carbocycles. The molecular formula is C10H17N3O3. The number of aromatic nitrogens is 2. The van der Waals surface area contributed by atoms with Crippen LogP contribution >= 0.6 is 0 Å². The van der Waals surface area contributed by atoms with Crippen LogP contribution in [0.15, 0.2) is 4.52 Å². The van der Waals surface area contributed by atoms with E-state index < -0.39 is 0 Å². The molecule has 0 amide bonds. The van der Waals surface area contributed by atoms with Crippen LogP contribution in [0, 0.1) is 5.92 Å². The van der Waals surface area contributed by atoms with E-state index in [-0.39, 0.29) is 6.10 Å². The predicted octanol–water partition coefficient (Wildman–Crippen LogP) is 0.295. The molecule has 0 bridgehead atoms. The first-order chi connectivity index (χ1) is 7.83. The molecule has 0 spiro atoms. The Kier molecular flexibility index (Phi) is 3.87. The second-order valence-electron chi connectivity index (χ2n) is 3.94. The highest BCUT2D eigenvalue weighted by Crippen LogP contribution is 2.18. The zero-order chi connectivity index (χ0) is 11.4. The smallest absolute Gasteiger partial charge is 0.257 e. The Labute approximate surface area is 94.1 Å². The van der Waals surface area contributed by atoms with E-state index in [4.69, 9.17) is 19.7 Å². The summed E-state index contributed by atoms with van der Waals surface area (Å²) in [5.74, 6) is 1.67. The van der Waals surface area contributed by atoms with Crippen LogP contribution in [0.1, 0.15) is 24.2 Å². The number of nitrogens with zero attached hydrogens (tertiary/aromatic N) is 2. The number of rotatable bonds is 5. The summed E-state index contributed by atoms with van der Waals surface area (Å²) in [6.07, 6.45) is 1.56. The zero-order valence-electron chi connectivity index (χ0n) is 9.39. The van der Waals surface area contributed by atoms with Gasteiger partial charge < -0.3 is 19.7 Å². The number of hydrogen-bond donors (Lipinski definition) is 1. The molecule has 2 N–H and O–H groups in total. The Bertz CT molecular complexity index is 319.